The number of thioether (sulfide) groups is 1. The SMILES string of the molecule is CN(CN1CCSC1=S)C1CCc2ccccc21. The smallest absolute Gasteiger partial charge is 0.137 e. The van der Waals surface area contributed by atoms with E-state index in [9.17, 15) is 0 Å². The highest BCUT2D eigenvalue weighted by Gasteiger charge is 2.27. The Hall–Kier alpha value is -0.580. The fourth-order valence-corrected chi connectivity index (χ4v) is 4.13. The zero-order valence-corrected chi connectivity index (χ0v) is 12.3. The van der Waals surface area contributed by atoms with Crippen molar-refractivity contribution in [2.24, 2.45) is 0 Å². The number of nitrogens with zero attached hydrogens (tertiary/aromatic N) is 2. The van der Waals surface area contributed by atoms with E-state index in [1.54, 1.807) is 11.8 Å². The fraction of sp³-hybridized carbons (Fsp3) is 0.500. The van der Waals surface area contributed by atoms with Crippen molar-refractivity contribution in [1.29, 1.82) is 0 Å². The molecule has 18 heavy (non-hydrogen) atoms. The molecule has 0 amide bonds. The Labute approximate surface area is 118 Å². The monoisotopic (exact) mass is 278 g/mol. The number of benzene rings is 1. The normalized spacial score (nSPS) is 22.9. The number of fused-ring (bicyclic) bond motifs is 1. The summed E-state index contributed by atoms with van der Waals surface area (Å²) in [6.07, 6.45) is 2.45. The van der Waals surface area contributed by atoms with Crippen molar-refractivity contribution in [3.8, 4) is 0 Å². The van der Waals surface area contributed by atoms with Crippen LogP contribution in [0.1, 0.15) is 23.6 Å². The lowest BCUT2D eigenvalue weighted by atomic mass is 10.1. The van der Waals surface area contributed by atoms with E-state index in [1.807, 2.05) is 0 Å². The van der Waals surface area contributed by atoms with Gasteiger partial charge in [-0.25, -0.2) is 0 Å². The van der Waals surface area contributed by atoms with Crippen LogP contribution >= 0.6 is 24.0 Å². The first kappa shape index (κ1) is 12.5. The molecule has 3 rings (SSSR count). The highest BCUT2D eigenvalue weighted by Crippen LogP contribution is 2.35. The fourth-order valence-electron chi connectivity index (χ4n) is 2.91. The molecule has 0 radical (unpaired) electrons. The molecule has 0 saturated carbocycles. The first-order valence-electron chi connectivity index (χ1n) is 6.45. The van der Waals surface area contributed by atoms with E-state index in [0.717, 1.165) is 23.3 Å². The van der Waals surface area contributed by atoms with Crippen LogP contribution in [-0.4, -0.2) is 40.1 Å². The molecule has 0 bridgehead atoms. The van der Waals surface area contributed by atoms with Crippen LogP contribution in [0.25, 0.3) is 0 Å². The first-order chi connectivity index (χ1) is 8.75. The Bertz CT molecular complexity index is 461. The minimum absolute atomic E-state index is 0.564. The molecule has 1 heterocycles. The summed E-state index contributed by atoms with van der Waals surface area (Å²) in [7, 11) is 2.22. The number of rotatable bonds is 3. The Morgan fingerprint density at radius 2 is 2.28 bits per heavy atom. The van der Waals surface area contributed by atoms with Gasteiger partial charge in [-0.2, -0.15) is 0 Å². The molecule has 0 spiro atoms. The predicted molar refractivity (Wildman–Crippen MR) is 81.9 cm³/mol. The third-order valence-electron chi connectivity index (χ3n) is 3.87. The summed E-state index contributed by atoms with van der Waals surface area (Å²) in [5.74, 6) is 1.15. The maximum atomic E-state index is 5.37. The second kappa shape index (κ2) is 5.19. The molecule has 1 aliphatic heterocycles. The molecule has 2 aliphatic rings. The lowest BCUT2D eigenvalue weighted by Crippen LogP contribution is -2.37. The molecule has 1 aromatic carbocycles. The molecule has 0 aromatic heterocycles. The average Bonchev–Trinajstić information content (AvgIpc) is 2.96. The van der Waals surface area contributed by atoms with Crippen LogP contribution in [0, 0.1) is 0 Å². The molecule has 96 valence electrons. The van der Waals surface area contributed by atoms with Crippen molar-refractivity contribution in [3.05, 3.63) is 35.4 Å². The van der Waals surface area contributed by atoms with E-state index in [4.69, 9.17) is 12.2 Å². The van der Waals surface area contributed by atoms with E-state index in [2.05, 4.69) is 41.1 Å². The maximum Gasteiger partial charge on any atom is 0.137 e. The Kier molecular flexibility index (Phi) is 3.59. The summed E-state index contributed by atoms with van der Waals surface area (Å²) >= 11 is 7.18. The van der Waals surface area contributed by atoms with Crippen LogP contribution in [0.3, 0.4) is 0 Å². The standard InChI is InChI=1S/C14H18N2S2/c1-15(10-16-8-9-18-14(16)17)13-7-6-11-4-2-3-5-12(11)13/h2-5,13H,6-10H2,1H3. The summed E-state index contributed by atoms with van der Waals surface area (Å²) in [5, 5.41) is 0. The zero-order valence-electron chi connectivity index (χ0n) is 10.6. The quantitative estimate of drug-likeness (QED) is 0.784. The Morgan fingerprint density at radius 3 is 3.06 bits per heavy atom. The van der Waals surface area contributed by atoms with Crippen LogP contribution in [-0.2, 0) is 6.42 Å². The first-order valence-corrected chi connectivity index (χ1v) is 7.85. The van der Waals surface area contributed by atoms with Crippen LogP contribution in [0.5, 0.6) is 0 Å². The molecule has 1 aromatic rings. The molecule has 1 aliphatic carbocycles. The van der Waals surface area contributed by atoms with Crippen LogP contribution in [0.4, 0.5) is 0 Å². The van der Waals surface area contributed by atoms with Crippen molar-refractivity contribution in [2.45, 2.75) is 18.9 Å². The van der Waals surface area contributed by atoms with Crippen LogP contribution in [0.2, 0.25) is 0 Å². The molecule has 2 nitrogen and oxygen atoms in total. The number of thiocarbonyl (C=S) groups is 1. The number of hydrogen-bond donors (Lipinski definition) is 0. The van der Waals surface area contributed by atoms with Gasteiger partial charge in [0, 0.05) is 18.3 Å². The van der Waals surface area contributed by atoms with E-state index < -0.39 is 0 Å². The van der Waals surface area contributed by atoms with Crippen molar-refractivity contribution in [3.63, 3.8) is 0 Å². The van der Waals surface area contributed by atoms with E-state index >= 15 is 0 Å². The van der Waals surface area contributed by atoms with Gasteiger partial charge in [-0.3, -0.25) is 4.90 Å². The molecule has 1 fully saturated rings. The van der Waals surface area contributed by atoms with Gasteiger partial charge in [0.2, 0.25) is 0 Å². The Balaban J connectivity index is 1.70. The second-order valence-corrected chi connectivity index (χ2v) is 6.76. The highest BCUT2D eigenvalue weighted by molar-refractivity contribution is 8.23. The zero-order chi connectivity index (χ0) is 12.5. The van der Waals surface area contributed by atoms with E-state index in [0.29, 0.717) is 6.04 Å². The summed E-state index contributed by atoms with van der Waals surface area (Å²) in [4.78, 5) is 4.77. The van der Waals surface area contributed by atoms with Gasteiger partial charge in [0.15, 0.2) is 0 Å². The largest absolute Gasteiger partial charge is 0.344 e. The van der Waals surface area contributed by atoms with E-state index in [1.165, 1.54) is 24.0 Å². The van der Waals surface area contributed by atoms with Crippen molar-refractivity contribution >= 4 is 28.3 Å². The van der Waals surface area contributed by atoms with E-state index in [-0.39, 0.29) is 0 Å². The van der Waals surface area contributed by atoms with Gasteiger partial charge >= 0.3 is 0 Å². The predicted octanol–water partition coefficient (Wildman–Crippen LogP) is 2.90. The van der Waals surface area contributed by atoms with Gasteiger partial charge in [-0.05, 0) is 31.0 Å². The van der Waals surface area contributed by atoms with Crippen molar-refractivity contribution in [1.82, 2.24) is 9.80 Å². The third kappa shape index (κ3) is 2.29. The number of hydrogen-bond acceptors (Lipinski definition) is 3. The molecular weight excluding hydrogens is 260 g/mol. The molecule has 4 heteroatoms. The second-order valence-electron chi connectivity index (χ2n) is 5.03. The minimum atomic E-state index is 0.564. The van der Waals surface area contributed by atoms with Crippen molar-refractivity contribution < 1.29 is 0 Å². The molecule has 1 atom stereocenters. The third-order valence-corrected chi connectivity index (χ3v) is 5.38. The topological polar surface area (TPSA) is 6.48 Å². The van der Waals surface area contributed by atoms with Gasteiger partial charge in [-0.15, -0.1) is 0 Å². The van der Waals surface area contributed by atoms with Crippen LogP contribution in [0.15, 0.2) is 24.3 Å². The van der Waals surface area contributed by atoms with Gasteiger partial charge in [0.05, 0.1) is 6.67 Å². The average molecular weight is 278 g/mol. The highest BCUT2D eigenvalue weighted by atomic mass is 32.2. The molecule has 0 N–H and O–H groups in total. The van der Waals surface area contributed by atoms with Gasteiger partial charge in [0.1, 0.15) is 4.32 Å². The number of aryl methyl sites for hydroxylation is 1. The summed E-state index contributed by atoms with van der Waals surface area (Å²) in [6.45, 7) is 2.06. The summed E-state index contributed by atoms with van der Waals surface area (Å²) < 4.78 is 1.06. The molecule has 1 unspecified atom stereocenters. The van der Waals surface area contributed by atoms with Crippen molar-refractivity contribution in [2.75, 3.05) is 26.0 Å². The van der Waals surface area contributed by atoms with Gasteiger partial charge in [-0.1, -0.05) is 48.2 Å². The molecular formula is C14H18N2S2. The lowest BCUT2D eigenvalue weighted by molar-refractivity contribution is 0.176. The molecule has 1 saturated heterocycles. The maximum absolute atomic E-state index is 5.37. The summed E-state index contributed by atoms with van der Waals surface area (Å²) in [5.41, 5.74) is 3.03. The van der Waals surface area contributed by atoms with Gasteiger partial charge in [0.25, 0.3) is 0 Å². The van der Waals surface area contributed by atoms with Crippen LogP contribution < -0.4 is 0 Å². The minimum Gasteiger partial charge on any atom is -0.344 e. The Morgan fingerprint density at radius 1 is 1.44 bits per heavy atom. The summed E-state index contributed by atoms with van der Waals surface area (Å²) in [6, 6.07) is 9.41. The lowest BCUT2D eigenvalue weighted by Gasteiger charge is -2.30. The van der Waals surface area contributed by atoms with Gasteiger partial charge < -0.3 is 4.90 Å².